The van der Waals surface area contributed by atoms with Crippen LogP contribution in [0.2, 0.25) is 0 Å². The van der Waals surface area contributed by atoms with Crippen molar-refractivity contribution in [2.24, 2.45) is 0 Å². The lowest BCUT2D eigenvalue weighted by Gasteiger charge is -2.36. The zero-order valence-electron chi connectivity index (χ0n) is 13.7. The first kappa shape index (κ1) is 16.2. The van der Waals surface area contributed by atoms with Gasteiger partial charge in [0, 0.05) is 19.6 Å². The molecule has 122 valence electrons. The molecule has 0 spiro atoms. The SMILES string of the molecule is C[C@@H]1CN(Cc2ccccc2)C[C@H](COCc2ccccc2)O1. The second kappa shape index (κ2) is 8.25. The van der Waals surface area contributed by atoms with Crippen molar-refractivity contribution in [2.75, 3.05) is 19.7 Å². The Labute approximate surface area is 138 Å². The molecule has 2 aromatic carbocycles. The van der Waals surface area contributed by atoms with Gasteiger partial charge >= 0.3 is 0 Å². The molecular weight excluding hydrogens is 286 g/mol. The largest absolute Gasteiger partial charge is 0.374 e. The van der Waals surface area contributed by atoms with Crippen LogP contribution in [0.25, 0.3) is 0 Å². The summed E-state index contributed by atoms with van der Waals surface area (Å²) in [7, 11) is 0. The van der Waals surface area contributed by atoms with Crippen molar-refractivity contribution < 1.29 is 9.47 Å². The minimum atomic E-state index is 0.145. The second-order valence-corrected chi connectivity index (χ2v) is 6.25. The molecule has 0 bridgehead atoms. The molecule has 2 atom stereocenters. The van der Waals surface area contributed by atoms with Crippen LogP contribution in [0, 0.1) is 0 Å². The molecule has 0 saturated carbocycles. The van der Waals surface area contributed by atoms with Gasteiger partial charge in [-0.2, -0.15) is 0 Å². The van der Waals surface area contributed by atoms with Gasteiger partial charge in [-0.05, 0) is 18.1 Å². The lowest BCUT2D eigenvalue weighted by Crippen LogP contribution is -2.47. The number of nitrogens with zero attached hydrogens (tertiary/aromatic N) is 1. The van der Waals surface area contributed by atoms with E-state index in [1.807, 2.05) is 18.2 Å². The molecule has 3 rings (SSSR count). The number of hydrogen-bond acceptors (Lipinski definition) is 3. The normalized spacial score (nSPS) is 22.1. The van der Waals surface area contributed by atoms with E-state index in [0.717, 1.165) is 19.6 Å². The molecule has 2 aromatic rings. The van der Waals surface area contributed by atoms with Gasteiger partial charge in [-0.1, -0.05) is 60.7 Å². The van der Waals surface area contributed by atoms with E-state index >= 15 is 0 Å². The summed E-state index contributed by atoms with van der Waals surface area (Å²) in [6.45, 7) is 6.31. The Kier molecular flexibility index (Phi) is 5.81. The molecule has 1 aliphatic heterocycles. The van der Waals surface area contributed by atoms with Crippen LogP contribution in [0.1, 0.15) is 18.1 Å². The van der Waals surface area contributed by atoms with Crippen molar-refractivity contribution in [3.8, 4) is 0 Å². The van der Waals surface area contributed by atoms with E-state index in [4.69, 9.17) is 9.47 Å². The average molecular weight is 311 g/mol. The summed E-state index contributed by atoms with van der Waals surface area (Å²) in [4.78, 5) is 2.46. The Balaban J connectivity index is 1.47. The molecular formula is C20H25NO2. The second-order valence-electron chi connectivity index (χ2n) is 6.25. The highest BCUT2D eigenvalue weighted by molar-refractivity contribution is 5.15. The topological polar surface area (TPSA) is 21.7 Å². The van der Waals surface area contributed by atoms with Gasteiger partial charge in [-0.25, -0.2) is 0 Å². The highest BCUT2D eigenvalue weighted by atomic mass is 16.5. The molecule has 0 unspecified atom stereocenters. The van der Waals surface area contributed by atoms with Crippen LogP contribution < -0.4 is 0 Å². The van der Waals surface area contributed by atoms with Crippen LogP contribution in [0.5, 0.6) is 0 Å². The quantitative estimate of drug-likeness (QED) is 0.815. The van der Waals surface area contributed by atoms with Crippen molar-refractivity contribution >= 4 is 0 Å². The Hall–Kier alpha value is -1.68. The molecule has 0 aliphatic carbocycles. The molecule has 3 heteroatoms. The highest BCUT2D eigenvalue weighted by Gasteiger charge is 2.25. The summed E-state index contributed by atoms with van der Waals surface area (Å²) in [5.41, 5.74) is 2.56. The van der Waals surface area contributed by atoms with Crippen LogP contribution in [-0.2, 0) is 22.6 Å². The number of hydrogen-bond donors (Lipinski definition) is 0. The fourth-order valence-corrected chi connectivity index (χ4v) is 3.09. The van der Waals surface area contributed by atoms with Crippen LogP contribution in [0.4, 0.5) is 0 Å². The maximum atomic E-state index is 6.03. The van der Waals surface area contributed by atoms with E-state index < -0.39 is 0 Å². The molecule has 0 amide bonds. The van der Waals surface area contributed by atoms with Crippen molar-refractivity contribution in [1.29, 1.82) is 0 Å². The number of ether oxygens (including phenoxy) is 2. The average Bonchev–Trinajstić information content (AvgIpc) is 2.56. The zero-order valence-corrected chi connectivity index (χ0v) is 13.7. The van der Waals surface area contributed by atoms with E-state index in [0.29, 0.717) is 13.2 Å². The maximum Gasteiger partial charge on any atom is 0.0939 e. The third-order valence-electron chi connectivity index (χ3n) is 4.07. The summed E-state index contributed by atoms with van der Waals surface area (Å²) in [6.07, 6.45) is 0.393. The van der Waals surface area contributed by atoms with E-state index in [1.54, 1.807) is 0 Å². The van der Waals surface area contributed by atoms with Gasteiger partial charge in [0.15, 0.2) is 0 Å². The highest BCUT2D eigenvalue weighted by Crippen LogP contribution is 2.15. The fraction of sp³-hybridized carbons (Fsp3) is 0.400. The lowest BCUT2D eigenvalue weighted by atomic mass is 10.1. The number of morpholine rings is 1. The Bertz CT molecular complexity index is 573. The summed E-state index contributed by atoms with van der Waals surface area (Å²) >= 11 is 0. The van der Waals surface area contributed by atoms with Gasteiger partial charge < -0.3 is 9.47 Å². The van der Waals surface area contributed by atoms with Gasteiger partial charge in [0.2, 0.25) is 0 Å². The zero-order chi connectivity index (χ0) is 15.9. The molecule has 1 heterocycles. The number of rotatable bonds is 6. The molecule has 0 radical (unpaired) electrons. The minimum absolute atomic E-state index is 0.145. The first-order chi connectivity index (χ1) is 11.3. The van der Waals surface area contributed by atoms with Crippen LogP contribution in [0.3, 0.4) is 0 Å². The van der Waals surface area contributed by atoms with Crippen LogP contribution >= 0.6 is 0 Å². The number of benzene rings is 2. The molecule has 3 nitrogen and oxygen atoms in total. The van der Waals surface area contributed by atoms with Crippen molar-refractivity contribution in [3.63, 3.8) is 0 Å². The van der Waals surface area contributed by atoms with Crippen molar-refractivity contribution in [1.82, 2.24) is 4.90 Å². The van der Waals surface area contributed by atoms with Gasteiger partial charge in [-0.3, -0.25) is 4.90 Å². The van der Waals surface area contributed by atoms with Crippen LogP contribution in [-0.4, -0.2) is 36.8 Å². The maximum absolute atomic E-state index is 6.03. The monoisotopic (exact) mass is 311 g/mol. The predicted octanol–water partition coefficient (Wildman–Crippen LogP) is 3.49. The lowest BCUT2D eigenvalue weighted by molar-refractivity contribution is -0.110. The van der Waals surface area contributed by atoms with Crippen molar-refractivity contribution in [2.45, 2.75) is 32.3 Å². The minimum Gasteiger partial charge on any atom is -0.374 e. The molecule has 23 heavy (non-hydrogen) atoms. The first-order valence-corrected chi connectivity index (χ1v) is 8.33. The third kappa shape index (κ3) is 5.17. The summed E-state index contributed by atoms with van der Waals surface area (Å²) in [5.74, 6) is 0. The van der Waals surface area contributed by atoms with E-state index in [2.05, 4.69) is 54.3 Å². The Morgan fingerprint density at radius 1 is 0.957 bits per heavy atom. The van der Waals surface area contributed by atoms with Gasteiger partial charge in [-0.15, -0.1) is 0 Å². The summed E-state index contributed by atoms with van der Waals surface area (Å²) < 4.78 is 11.9. The van der Waals surface area contributed by atoms with E-state index in [-0.39, 0.29) is 12.2 Å². The molecule has 1 saturated heterocycles. The Morgan fingerprint density at radius 3 is 2.30 bits per heavy atom. The van der Waals surface area contributed by atoms with Crippen molar-refractivity contribution in [3.05, 3.63) is 71.8 Å². The van der Waals surface area contributed by atoms with E-state index in [9.17, 15) is 0 Å². The smallest absolute Gasteiger partial charge is 0.0939 e. The van der Waals surface area contributed by atoms with Gasteiger partial charge in [0.1, 0.15) is 0 Å². The summed E-state index contributed by atoms with van der Waals surface area (Å²) in [6, 6.07) is 20.9. The molecule has 1 aliphatic rings. The van der Waals surface area contributed by atoms with Gasteiger partial charge in [0.25, 0.3) is 0 Å². The van der Waals surface area contributed by atoms with Crippen LogP contribution in [0.15, 0.2) is 60.7 Å². The standard InChI is InChI=1S/C20H25NO2/c1-17-12-21(13-18-8-4-2-5-9-18)14-20(23-17)16-22-15-19-10-6-3-7-11-19/h2-11,17,20H,12-16H2,1H3/t17-,20-/m1/s1. The fourth-order valence-electron chi connectivity index (χ4n) is 3.09. The molecule has 0 aromatic heterocycles. The molecule has 0 N–H and O–H groups in total. The van der Waals surface area contributed by atoms with Gasteiger partial charge in [0.05, 0.1) is 25.4 Å². The summed E-state index contributed by atoms with van der Waals surface area (Å²) in [5, 5.41) is 0. The Morgan fingerprint density at radius 2 is 1.61 bits per heavy atom. The van der Waals surface area contributed by atoms with E-state index in [1.165, 1.54) is 11.1 Å². The first-order valence-electron chi connectivity index (χ1n) is 8.33. The predicted molar refractivity (Wildman–Crippen MR) is 92.2 cm³/mol. The molecule has 1 fully saturated rings. The third-order valence-corrected chi connectivity index (χ3v) is 4.07.